The third-order valence-corrected chi connectivity index (χ3v) is 5.13. The van der Waals surface area contributed by atoms with Gasteiger partial charge in [0, 0.05) is 24.2 Å². The number of nitrogens with zero attached hydrogens (tertiary/aromatic N) is 2. The molecule has 1 saturated heterocycles. The molecule has 2 aromatic heterocycles. The molecule has 3 N–H and O–H groups in total. The fourth-order valence-electron chi connectivity index (χ4n) is 3.73. The second kappa shape index (κ2) is 6.83. The number of primary amides is 1. The number of nitrogens with one attached hydrogen (secondary N) is 1. The maximum Gasteiger partial charge on any atom is 0.250 e. The van der Waals surface area contributed by atoms with E-state index in [9.17, 15) is 9.59 Å². The van der Waals surface area contributed by atoms with Crippen molar-refractivity contribution >= 4 is 33.5 Å². The summed E-state index contributed by atoms with van der Waals surface area (Å²) >= 11 is 0. The number of nitrogens with two attached hydrogens (primary N) is 1. The Bertz CT molecular complexity index is 1050. The number of amides is 2. The summed E-state index contributed by atoms with van der Waals surface area (Å²) in [5, 5.41) is 5.31. The Labute approximate surface area is 155 Å². The van der Waals surface area contributed by atoms with Crippen LogP contribution in [-0.4, -0.2) is 34.4 Å². The number of hydrogen-bond acceptors (Lipinski definition) is 5. The SMILES string of the molecule is CC[C@@H]1CC(=O)N[C@@H]1COc1nccc2cc(C(N)=O)c3ncccc3c12. The van der Waals surface area contributed by atoms with E-state index in [2.05, 4.69) is 22.2 Å². The van der Waals surface area contributed by atoms with Crippen molar-refractivity contribution in [2.45, 2.75) is 25.8 Å². The summed E-state index contributed by atoms with van der Waals surface area (Å²) in [6.45, 7) is 2.41. The first-order valence-corrected chi connectivity index (χ1v) is 8.97. The Hall–Kier alpha value is -3.22. The van der Waals surface area contributed by atoms with E-state index in [1.54, 1.807) is 24.5 Å². The predicted molar refractivity (Wildman–Crippen MR) is 101 cm³/mol. The highest BCUT2D eigenvalue weighted by Gasteiger charge is 2.31. The molecule has 0 saturated carbocycles. The second-order valence-electron chi connectivity index (χ2n) is 6.76. The highest BCUT2D eigenvalue weighted by atomic mass is 16.5. The van der Waals surface area contributed by atoms with Crippen molar-refractivity contribution in [3.05, 3.63) is 42.2 Å². The molecular weight excluding hydrogens is 344 g/mol. The van der Waals surface area contributed by atoms with Crippen LogP contribution in [0.1, 0.15) is 30.1 Å². The van der Waals surface area contributed by atoms with Crippen molar-refractivity contribution in [3.63, 3.8) is 0 Å². The lowest BCUT2D eigenvalue weighted by Gasteiger charge is -2.18. The fourth-order valence-corrected chi connectivity index (χ4v) is 3.73. The van der Waals surface area contributed by atoms with Crippen LogP contribution in [0.15, 0.2) is 36.7 Å². The summed E-state index contributed by atoms with van der Waals surface area (Å²) in [7, 11) is 0. The molecule has 2 atom stereocenters. The minimum Gasteiger partial charge on any atom is -0.475 e. The van der Waals surface area contributed by atoms with Gasteiger partial charge in [-0.3, -0.25) is 14.6 Å². The molecule has 4 rings (SSSR count). The number of aromatic nitrogens is 2. The molecule has 0 unspecified atom stereocenters. The van der Waals surface area contributed by atoms with Gasteiger partial charge in [0.2, 0.25) is 11.8 Å². The summed E-state index contributed by atoms with van der Waals surface area (Å²) < 4.78 is 6.02. The Morgan fingerprint density at radius 1 is 1.33 bits per heavy atom. The summed E-state index contributed by atoms with van der Waals surface area (Å²) in [6, 6.07) is 7.17. The van der Waals surface area contributed by atoms with Gasteiger partial charge in [-0.05, 0) is 29.5 Å². The van der Waals surface area contributed by atoms with Gasteiger partial charge in [0.1, 0.15) is 6.61 Å². The summed E-state index contributed by atoms with van der Waals surface area (Å²) in [5.74, 6) is 0.242. The molecule has 1 aromatic carbocycles. The molecule has 138 valence electrons. The van der Waals surface area contributed by atoms with E-state index in [-0.39, 0.29) is 17.9 Å². The van der Waals surface area contributed by atoms with Crippen LogP contribution in [0, 0.1) is 5.92 Å². The lowest BCUT2D eigenvalue weighted by molar-refractivity contribution is -0.119. The lowest BCUT2D eigenvalue weighted by atomic mass is 9.98. The Morgan fingerprint density at radius 2 is 2.19 bits per heavy atom. The molecule has 1 aliphatic rings. The maximum absolute atomic E-state index is 11.8. The van der Waals surface area contributed by atoms with Crippen LogP contribution in [0.25, 0.3) is 21.7 Å². The van der Waals surface area contributed by atoms with Gasteiger partial charge in [-0.25, -0.2) is 4.98 Å². The van der Waals surface area contributed by atoms with Crippen LogP contribution in [0.3, 0.4) is 0 Å². The molecule has 0 radical (unpaired) electrons. The summed E-state index contributed by atoms with van der Waals surface area (Å²) in [5.41, 5.74) is 6.42. The molecule has 1 fully saturated rings. The van der Waals surface area contributed by atoms with E-state index in [0.717, 1.165) is 22.6 Å². The molecule has 7 heteroatoms. The molecule has 0 spiro atoms. The van der Waals surface area contributed by atoms with Crippen molar-refractivity contribution in [1.82, 2.24) is 15.3 Å². The van der Waals surface area contributed by atoms with Gasteiger partial charge in [-0.15, -0.1) is 0 Å². The number of benzene rings is 1. The number of rotatable bonds is 5. The number of hydrogen-bond donors (Lipinski definition) is 2. The standard InChI is InChI=1S/C20H20N4O3/c1-2-11-9-16(25)24-15(11)10-27-20-17-12(5-7-23-20)8-14(19(21)26)18-13(17)4-3-6-22-18/h3-8,11,15H,2,9-10H2,1H3,(H2,21,26)(H,24,25)/t11-,15-/m1/s1. The average molecular weight is 364 g/mol. The molecule has 7 nitrogen and oxygen atoms in total. The maximum atomic E-state index is 11.8. The minimum absolute atomic E-state index is 0.0335. The molecule has 3 aromatic rings. The molecule has 1 aliphatic heterocycles. The Kier molecular flexibility index (Phi) is 4.35. The van der Waals surface area contributed by atoms with Gasteiger partial charge in [0.25, 0.3) is 5.91 Å². The molecule has 0 aliphatic carbocycles. The van der Waals surface area contributed by atoms with Crippen LogP contribution < -0.4 is 15.8 Å². The van der Waals surface area contributed by atoms with E-state index in [1.807, 2.05) is 12.1 Å². The van der Waals surface area contributed by atoms with Crippen LogP contribution in [0.2, 0.25) is 0 Å². The number of ether oxygens (including phenoxy) is 1. The summed E-state index contributed by atoms with van der Waals surface area (Å²) in [4.78, 5) is 32.2. The van der Waals surface area contributed by atoms with Gasteiger partial charge in [-0.1, -0.05) is 19.4 Å². The third-order valence-electron chi connectivity index (χ3n) is 5.13. The summed E-state index contributed by atoms with van der Waals surface area (Å²) in [6.07, 6.45) is 4.69. The van der Waals surface area contributed by atoms with E-state index >= 15 is 0 Å². The first kappa shape index (κ1) is 17.2. The quantitative estimate of drug-likeness (QED) is 0.675. The van der Waals surface area contributed by atoms with Crippen molar-refractivity contribution in [1.29, 1.82) is 0 Å². The molecule has 2 amide bonds. The van der Waals surface area contributed by atoms with Crippen LogP contribution in [0.5, 0.6) is 5.88 Å². The zero-order chi connectivity index (χ0) is 19.0. The molecule has 0 bridgehead atoms. The Balaban J connectivity index is 1.77. The average Bonchev–Trinajstić information content (AvgIpc) is 3.05. The predicted octanol–water partition coefficient (Wildman–Crippen LogP) is 2.18. The van der Waals surface area contributed by atoms with Crippen molar-refractivity contribution in [2.24, 2.45) is 11.7 Å². The van der Waals surface area contributed by atoms with Gasteiger partial charge in [0.15, 0.2) is 0 Å². The minimum atomic E-state index is -0.528. The van der Waals surface area contributed by atoms with Crippen molar-refractivity contribution < 1.29 is 14.3 Å². The van der Waals surface area contributed by atoms with Crippen LogP contribution in [-0.2, 0) is 4.79 Å². The zero-order valence-electron chi connectivity index (χ0n) is 14.9. The van der Waals surface area contributed by atoms with Crippen molar-refractivity contribution in [3.8, 4) is 5.88 Å². The molecular formula is C20H20N4O3. The van der Waals surface area contributed by atoms with Gasteiger partial charge >= 0.3 is 0 Å². The van der Waals surface area contributed by atoms with Crippen LogP contribution >= 0.6 is 0 Å². The zero-order valence-corrected chi connectivity index (χ0v) is 14.9. The number of fused-ring (bicyclic) bond motifs is 3. The fraction of sp³-hybridized carbons (Fsp3) is 0.300. The lowest BCUT2D eigenvalue weighted by Crippen LogP contribution is -2.34. The first-order chi connectivity index (χ1) is 13.1. The first-order valence-electron chi connectivity index (χ1n) is 8.97. The highest BCUT2D eigenvalue weighted by molar-refractivity contribution is 6.16. The van der Waals surface area contributed by atoms with Crippen molar-refractivity contribution in [2.75, 3.05) is 6.61 Å². The highest BCUT2D eigenvalue weighted by Crippen LogP contribution is 2.33. The molecule has 27 heavy (non-hydrogen) atoms. The normalized spacial score (nSPS) is 19.4. The topological polar surface area (TPSA) is 107 Å². The Morgan fingerprint density at radius 3 is 2.96 bits per heavy atom. The molecule has 3 heterocycles. The number of carbonyl (C=O) groups excluding carboxylic acids is 2. The van der Waals surface area contributed by atoms with E-state index in [0.29, 0.717) is 30.0 Å². The third kappa shape index (κ3) is 3.05. The van der Waals surface area contributed by atoms with Gasteiger partial charge < -0.3 is 15.8 Å². The number of pyridine rings is 2. The van der Waals surface area contributed by atoms with Gasteiger partial charge in [-0.2, -0.15) is 0 Å². The van der Waals surface area contributed by atoms with E-state index in [1.165, 1.54) is 0 Å². The van der Waals surface area contributed by atoms with Gasteiger partial charge in [0.05, 0.1) is 22.5 Å². The smallest absolute Gasteiger partial charge is 0.250 e. The van der Waals surface area contributed by atoms with E-state index in [4.69, 9.17) is 10.5 Å². The van der Waals surface area contributed by atoms with Crippen LogP contribution in [0.4, 0.5) is 0 Å². The second-order valence-corrected chi connectivity index (χ2v) is 6.76. The number of carbonyl (C=O) groups is 2. The largest absolute Gasteiger partial charge is 0.475 e. The van der Waals surface area contributed by atoms with E-state index < -0.39 is 5.91 Å². The monoisotopic (exact) mass is 364 g/mol.